The number of carboxylic acid groups (broad SMARTS) is 1. The molecule has 18 heteroatoms. The van der Waals surface area contributed by atoms with E-state index in [1.165, 1.54) is 29.9 Å². The van der Waals surface area contributed by atoms with Crippen LogP contribution in [0.3, 0.4) is 0 Å². The number of rotatable bonds is 19. The van der Waals surface area contributed by atoms with Crippen LogP contribution in [0.1, 0.15) is 94.9 Å². The molecule has 0 fully saturated rings. The van der Waals surface area contributed by atoms with Gasteiger partial charge in [0.15, 0.2) is 16.6 Å². The Kier molecular flexibility index (Phi) is 30.8. The number of aliphatic hydroxyl groups excluding tert-OH is 1. The van der Waals surface area contributed by atoms with Crippen molar-refractivity contribution in [1.29, 1.82) is 5.26 Å². The summed E-state index contributed by atoms with van der Waals surface area (Å²) in [6, 6.07) is 33.7. The number of aliphatic carboxylic acids is 1. The number of benzene rings is 3. The maximum Gasteiger partial charge on any atom is 0.308 e. The van der Waals surface area contributed by atoms with Crippen molar-refractivity contribution < 1.29 is 56.8 Å². The molecule has 452 valence electrons. The van der Waals surface area contributed by atoms with Crippen molar-refractivity contribution in [2.75, 3.05) is 46.1 Å². The van der Waals surface area contributed by atoms with Crippen LogP contribution in [-0.4, -0.2) is 128 Å². The molecule has 0 amide bonds. The third kappa shape index (κ3) is 25.7. The first-order valence-electron chi connectivity index (χ1n) is 27.9. The molecule has 0 saturated heterocycles. The number of nitriles is 1. The fourth-order valence-electron chi connectivity index (χ4n) is 8.50. The highest BCUT2D eigenvalue weighted by Gasteiger charge is 2.46. The number of carbonyl (C=O) groups is 4. The maximum atomic E-state index is 12.6. The fourth-order valence-corrected chi connectivity index (χ4v) is 16.5. The van der Waals surface area contributed by atoms with Crippen molar-refractivity contribution in [2.24, 2.45) is 23.7 Å². The van der Waals surface area contributed by atoms with Crippen molar-refractivity contribution >= 4 is 84.2 Å². The van der Waals surface area contributed by atoms with E-state index in [1.54, 1.807) is 32.7 Å². The van der Waals surface area contributed by atoms with Gasteiger partial charge in [0.05, 0.1) is 64.5 Å². The molecule has 3 aromatic carbocycles. The summed E-state index contributed by atoms with van der Waals surface area (Å²) in [7, 11) is -7.26. The molecule has 0 bridgehead atoms. The van der Waals surface area contributed by atoms with Gasteiger partial charge < -0.3 is 42.5 Å². The minimum atomic E-state index is -2.28. The normalized spacial score (nSPS) is 19.3. The van der Waals surface area contributed by atoms with Gasteiger partial charge in [0, 0.05) is 37.5 Å². The van der Waals surface area contributed by atoms with Gasteiger partial charge in [-0.3, -0.25) is 14.4 Å². The van der Waals surface area contributed by atoms with Gasteiger partial charge in [-0.2, -0.15) is 5.26 Å². The molecule has 81 heavy (non-hydrogen) atoms. The number of hydrogen-bond acceptors (Lipinski definition) is 12. The van der Waals surface area contributed by atoms with Gasteiger partial charge in [0.1, 0.15) is 12.4 Å². The Balaban J connectivity index is 0.000000552. The number of esters is 2. The van der Waals surface area contributed by atoms with Crippen LogP contribution in [0.25, 0.3) is 0 Å². The summed E-state index contributed by atoms with van der Waals surface area (Å²) in [5.74, 6) is -1.79. The SMILES string of the molecule is C=P(c1ccccc1)(c1ccccc1)c1ccccc1.CC#N.CC(C)(C)[Si](C)(C)O[C@H](CC(=O)O)CP(C)(C)=O.CC[C@H](C)C(=O)O[C@H]1C[C@H](O[Si](C)(C)C(C)(C)C)C=C2C=C[C@H](C)[C@H](C=O)[C@H]21.COC(=O)C[C@@H](O)CP(C)(C)=O. The van der Waals surface area contributed by atoms with E-state index in [9.17, 15) is 33.4 Å². The van der Waals surface area contributed by atoms with E-state index in [-0.39, 0.29) is 70.9 Å². The highest BCUT2D eigenvalue weighted by atomic mass is 31.2. The Morgan fingerprint density at radius 3 is 1.59 bits per heavy atom. The summed E-state index contributed by atoms with van der Waals surface area (Å²) >= 11 is 0. The molecular formula is C63H100NO12P3Si2. The quantitative estimate of drug-likeness (QED) is 0.0497. The van der Waals surface area contributed by atoms with E-state index in [0.29, 0.717) is 12.6 Å². The van der Waals surface area contributed by atoms with Crippen LogP contribution in [0.15, 0.2) is 115 Å². The average Bonchev–Trinajstić information content (AvgIpc) is 3.35. The lowest BCUT2D eigenvalue weighted by molar-refractivity contribution is -0.159. The number of aldehydes is 1. The second kappa shape index (κ2) is 33.3. The van der Waals surface area contributed by atoms with Gasteiger partial charge in [-0.1, -0.05) is 178 Å². The summed E-state index contributed by atoms with van der Waals surface area (Å²) in [6.45, 7) is 33.7. The molecule has 0 saturated carbocycles. The first kappa shape index (κ1) is 74.8. The Bertz CT molecular complexity index is 2580. The zero-order valence-electron chi connectivity index (χ0n) is 52.3. The zero-order chi connectivity index (χ0) is 62.4. The zero-order valence-corrected chi connectivity index (χ0v) is 57.0. The molecule has 0 aromatic heterocycles. The Morgan fingerprint density at radius 2 is 1.23 bits per heavy atom. The topological polar surface area (TPSA) is 204 Å². The molecule has 0 spiro atoms. The van der Waals surface area contributed by atoms with Gasteiger partial charge in [0.2, 0.25) is 0 Å². The van der Waals surface area contributed by atoms with Crippen LogP contribution in [0, 0.1) is 35.0 Å². The molecule has 0 aliphatic heterocycles. The molecular weight excluding hydrogens is 1110 g/mol. The van der Waals surface area contributed by atoms with E-state index in [4.69, 9.17) is 30.3 Å². The van der Waals surface area contributed by atoms with Crippen molar-refractivity contribution in [3.8, 4) is 6.07 Å². The number of methoxy groups -OCH3 is 1. The third-order valence-corrected chi connectivity index (χ3v) is 30.3. The minimum Gasteiger partial charge on any atom is -0.481 e. The van der Waals surface area contributed by atoms with E-state index >= 15 is 0 Å². The first-order chi connectivity index (χ1) is 37.2. The van der Waals surface area contributed by atoms with Crippen LogP contribution < -0.4 is 15.9 Å². The van der Waals surface area contributed by atoms with E-state index < -0.39 is 62.0 Å². The monoisotopic (exact) mass is 1210 g/mol. The molecule has 3 aromatic rings. The van der Waals surface area contributed by atoms with Gasteiger partial charge in [0.25, 0.3) is 0 Å². The lowest BCUT2D eigenvalue weighted by Gasteiger charge is -2.44. The number of carbonyl (C=O) groups excluding carboxylic acids is 3. The number of allylic oxidation sites excluding steroid dienone is 2. The van der Waals surface area contributed by atoms with Gasteiger partial charge in [-0.25, -0.2) is 0 Å². The Morgan fingerprint density at radius 1 is 0.802 bits per heavy atom. The number of carboxylic acids is 1. The minimum absolute atomic E-state index is 0.0230. The molecule has 0 radical (unpaired) electrons. The van der Waals surface area contributed by atoms with E-state index in [0.717, 1.165) is 18.3 Å². The molecule has 2 aliphatic carbocycles. The number of hydrogen-bond donors (Lipinski definition) is 2. The average molecular weight is 1210 g/mol. The molecule has 0 unspecified atom stereocenters. The predicted molar refractivity (Wildman–Crippen MR) is 345 cm³/mol. The van der Waals surface area contributed by atoms with Crippen LogP contribution >= 0.6 is 21.2 Å². The van der Waals surface area contributed by atoms with Crippen LogP contribution in [-0.2, 0) is 46.6 Å². The summed E-state index contributed by atoms with van der Waals surface area (Å²) in [5.41, 5.74) is 1.08. The number of ether oxygens (including phenoxy) is 2. The Labute approximate surface area is 490 Å². The van der Waals surface area contributed by atoms with Crippen LogP contribution in [0.2, 0.25) is 36.3 Å². The molecule has 0 heterocycles. The van der Waals surface area contributed by atoms with Gasteiger partial charge in [-0.15, -0.1) is 0 Å². The molecule has 8 atom stereocenters. The summed E-state index contributed by atoms with van der Waals surface area (Å²) in [5, 5.41) is 29.5. The van der Waals surface area contributed by atoms with Gasteiger partial charge >= 0.3 is 17.9 Å². The van der Waals surface area contributed by atoms with Crippen molar-refractivity contribution in [1.82, 2.24) is 0 Å². The fraction of sp³-hybridized carbons (Fsp3) is 0.556. The highest BCUT2D eigenvalue weighted by molar-refractivity contribution is 7.93. The summed E-state index contributed by atoms with van der Waals surface area (Å²) < 4.78 is 46.1. The van der Waals surface area contributed by atoms with Crippen molar-refractivity contribution in [3.63, 3.8) is 0 Å². The largest absolute Gasteiger partial charge is 0.481 e. The Hall–Kier alpha value is -4.22. The number of aliphatic hydroxyl groups is 1. The van der Waals surface area contributed by atoms with E-state index in [2.05, 4.69) is 189 Å². The van der Waals surface area contributed by atoms with Crippen molar-refractivity contribution in [3.05, 3.63) is 115 Å². The smallest absolute Gasteiger partial charge is 0.308 e. The maximum absolute atomic E-state index is 12.6. The van der Waals surface area contributed by atoms with Crippen LogP contribution in [0.5, 0.6) is 0 Å². The second-order valence-electron chi connectivity index (χ2n) is 25.1. The molecule has 2 aliphatic rings. The van der Waals surface area contributed by atoms with Crippen molar-refractivity contribution in [2.45, 2.75) is 156 Å². The summed E-state index contributed by atoms with van der Waals surface area (Å²) in [4.78, 5) is 45.9. The molecule has 2 N–H and O–H groups in total. The number of nitrogens with zero attached hydrogens (tertiary/aromatic N) is 1. The standard InChI is InChI=1S/C23H38O4Si.C19H17P.C12H27O4PSi.C7H15O4P.C2H3N/c1-9-15(2)22(25)26-20-13-18(27-28(7,8)23(4,5)6)12-17-11-10-16(3)19(14-24)21(17)20;1-20(17-11-5-2-6-12-17,18-13-7-3-8-14-18)19-15-9-4-10-16-19;1-12(2,3)18(6,7)16-10(8-11(13)14)9-17(4,5)15;1-11-7(9)4-6(8)5-12(2,3)10;1-2-3/h10-12,14-16,18-21H,9,13H2,1-8H3;2-16H,1H2;10H,8-9H2,1-7H3,(H,13,14);6,8H,4-5H2,1-3H3;1H3/t15-,16-,18+,19-,20-,21-;;10-;6-;/m0.11./s1. The lowest BCUT2D eigenvalue weighted by Crippen LogP contribution is -2.48. The predicted octanol–water partition coefficient (Wildman–Crippen LogP) is 13.3. The molecule has 5 rings (SSSR count). The van der Waals surface area contributed by atoms with E-state index in [1.807, 2.05) is 13.8 Å². The summed E-state index contributed by atoms with van der Waals surface area (Å²) in [6.07, 6.45) is 12.1. The number of fused-ring (bicyclic) bond motifs is 1. The molecule has 13 nitrogen and oxygen atoms in total. The third-order valence-electron chi connectivity index (χ3n) is 15.1. The highest BCUT2D eigenvalue weighted by Crippen LogP contribution is 2.46. The second-order valence-corrected chi connectivity index (χ2v) is 44.9. The van der Waals surface area contributed by atoms with Crippen LogP contribution in [0.4, 0.5) is 0 Å². The lowest BCUT2D eigenvalue weighted by atomic mass is 9.68. The van der Waals surface area contributed by atoms with Gasteiger partial charge in [-0.05, 0) is 104 Å². The first-order valence-corrected chi connectivity index (χ1v) is 41.3.